The predicted octanol–water partition coefficient (Wildman–Crippen LogP) is 1.70. The zero-order valence-electron chi connectivity index (χ0n) is 20.6. The summed E-state index contributed by atoms with van der Waals surface area (Å²) in [7, 11) is 1.45. The Hall–Kier alpha value is -4.02. The van der Waals surface area contributed by atoms with Crippen molar-refractivity contribution in [2.75, 3.05) is 19.4 Å². The van der Waals surface area contributed by atoms with Crippen molar-refractivity contribution in [2.24, 2.45) is 5.16 Å². The molecule has 16 heteroatoms. The second kappa shape index (κ2) is 10.2. The van der Waals surface area contributed by atoms with E-state index < -0.39 is 34.5 Å². The third-order valence-electron chi connectivity index (χ3n) is 6.55. The van der Waals surface area contributed by atoms with Crippen LogP contribution in [-0.4, -0.2) is 72.4 Å². The minimum atomic E-state index is -1.31. The van der Waals surface area contributed by atoms with E-state index in [9.17, 15) is 30.0 Å². The largest absolute Gasteiger partial charge is 0.506 e. The first-order valence-electron chi connectivity index (χ1n) is 11.6. The van der Waals surface area contributed by atoms with E-state index in [4.69, 9.17) is 15.3 Å². The quantitative estimate of drug-likeness (QED) is 0.176. The van der Waals surface area contributed by atoms with Gasteiger partial charge in [-0.25, -0.2) is 4.98 Å². The molecular weight excluding hydrogens is 660 g/mol. The fourth-order valence-electron chi connectivity index (χ4n) is 4.60. The van der Waals surface area contributed by atoms with Crippen molar-refractivity contribution in [3.8, 4) is 28.5 Å². The molecule has 40 heavy (non-hydrogen) atoms. The third kappa shape index (κ3) is 4.47. The number of hydrogen-bond acceptors (Lipinski definition) is 11. The number of methoxy groups -OCH3 is 1. The van der Waals surface area contributed by atoms with Gasteiger partial charge in [-0.15, -0.1) is 0 Å². The lowest BCUT2D eigenvalue weighted by molar-refractivity contribution is -0.114. The number of allylic oxidation sites excluding steroid dienone is 1. The summed E-state index contributed by atoms with van der Waals surface area (Å²) in [6.07, 6.45) is 1.55. The van der Waals surface area contributed by atoms with Gasteiger partial charge in [-0.3, -0.25) is 9.59 Å². The molecule has 2 aromatic heterocycles. The smallest absolute Gasteiger partial charge is 0.269 e. The number of fused-ring (bicyclic) bond motifs is 1. The molecule has 1 aliphatic heterocycles. The number of aromatic amines is 2. The number of aromatic nitrogens is 3. The number of nitrogen functional groups attached to an aromatic ring is 1. The number of carbonyl (C=O) groups is 1. The van der Waals surface area contributed by atoms with Gasteiger partial charge in [0.2, 0.25) is 5.43 Å². The number of phenolic OH excluding ortho intramolecular Hbond substituents is 2. The standard InChI is InChI=1S/C24H22Br2N6O8/c1-39-20-9(25)5-24(21(37)15(20)26)6-11(32-40-24)22(38)28-3-2-10-16(31-23(27)30-10)8-4-12(33)17-14(18(8)35)19(36)13(34)7-29-17/h4-5,7,21,33-35,37H,2-3,6H2,1H3,(H,28,38)(H,29,36)(H3,27,30,31)/t21-,24+/m0/s1. The molecule has 0 bridgehead atoms. The van der Waals surface area contributed by atoms with Gasteiger partial charge in [-0.05, 0) is 44.0 Å². The molecule has 3 aromatic rings. The highest BCUT2D eigenvalue weighted by atomic mass is 79.9. The molecule has 210 valence electrons. The lowest BCUT2D eigenvalue weighted by Crippen LogP contribution is -2.45. The van der Waals surface area contributed by atoms with Gasteiger partial charge in [-0.2, -0.15) is 0 Å². The number of imidazole rings is 1. The van der Waals surface area contributed by atoms with E-state index >= 15 is 0 Å². The van der Waals surface area contributed by atoms with E-state index in [0.29, 0.717) is 20.4 Å². The molecular formula is C24H22Br2N6O8. The molecule has 0 saturated carbocycles. The molecule has 0 unspecified atom stereocenters. The lowest BCUT2D eigenvalue weighted by atomic mass is 9.87. The van der Waals surface area contributed by atoms with Crippen LogP contribution in [0.25, 0.3) is 22.2 Å². The van der Waals surface area contributed by atoms with Crippen molar-refractivity contribution >= 4 is 60.3 Å². The number of hydrogen-bond donors (Lipinski definition) is 8. The molecule has 14 nitrogen and oxygen atoms in total. The van der Waals surface area contributed by atoms with Gasteiger partial charge in [0.05, 0.1) is 32.7 Å². The summed E-state index contributed by atoms with van der Waals surface area (Å²) in [5.74, 6) is -1.68. The Kier molecular flexibility index (Phi) is 7.01. The first-order chi connectivity index (χ1) is 19.0. The number of nitrogens with zero attached hydrogens (tertiary/aromatic N) is 2. The number of aliphatic hydroxyl groups excluding tert-OH is 1. The predicted molar refractivity (Wildman–Crippen MR) is 150 cm³/mol. The normalized spacial score (nSPS) is 20.4. The lowest BCUT2D eigenvalue weighted by Gasteiger charge is -2.33. The molecule has 2 aliphatic rings. The number of H-pyrrole nitrogens is 2. The van der Waals surface area contributed by atoms with Crippen molar-refractivity contribution < 1.29 is 34.8 Å². The van der Waals surface area contributed by atoms with Gasteiger partial charge in [0.15, 0.2) is 17.3 Å². The van der Waals surface area contributed by atoms with Crippen LogP contribution in [0.2, 0.25) is 0 Å². The van der Waals surface area contributed by atoms with Crippen LogP contribution >= 0.6 is 31.9 Å². The monoisotopic (exact) mass is 680 g/mol. The number of nitrogens with one attached hydrogen (secondary N) is 3. The fraction of sp³-hybridized carbons (Fsp3) is 0.250. The van der Waals surface area contributed by atoms with Gasteiger partial charge in [-0.1, -0.05) is 5.16 Å². The van der Waals surface area contributed by atoms with Crippen LogP contribution in [0.5, 0.6) is 17.2 Å². The molecule has 3 heterocycles. The van der Waals surface area contributed by atoms with Crippen LogP contribution < -0.4 is 16.5 Å². The second-order valence-electron chi connectivity index (χ2n) is 9.04. The first kappa shape index (κ1) is 27.5. The van der Waals surface area contributed by atoms with Crippen LogP contribution in [0.1, 0.15) is 12.1 Å². The summed E-state index contributed by atoms with van der Waals surface area (Å²) < 4.78 is 6.12. The fourth-order valence-corrected chi connectivity index (χ4v) is 6.39. The zero-order chi connectivity index (χ0) is 28.9. The number of amides is 1. The van der Waals surface area contributed by atoms with Gasteiger partial charge < -0.3 is 51.0 Å². The summed E-state index contributed by atoms with van der Waals surface area (Å²) in [6.45, 7) is 0.0701. The van der Waals surface area contributed by atoms with E-state index in [-0.39, 0.29) is 59.0 Å². The summed E-state index contributed by atoms with van der Waals surface area (Å²) >= 11 is 6.68. The number of ether oxygens (including phenoxy) is 1. The molecule has 1 amide bonds. The molecule has 0 fully saturated rings. The van der Waals surface area contributed by atoms with E-state index in [1.54, 1.807) is 6.08 Å². The second-order valence-corrected chi connectivity index (χ2v) is 10.7. The van der Waals surface area contributed by atoms with Crippen LogP contribution in [0, 0.1) is 0 Å². The van der Waals surface area contributed by atoms with Crippen LogP contribution in [0.4, 0.5) is 5.95 Å². The minimum Gasteiger partial charge on any atom is -0.506 e. The van der Waals surface area contributed by atoms with Crippen molar-refractivity contribution in [3.05, 3.63) is 49.0 Å². The highest BCUT2D eigenvalue weighted by molar-refractivity contribution is 9.12. The third-order valence-corrected chi connectivity index (χ3v) is 7.93. The maximum Gasteiger partial charge on any atom is 0.269 e. The molecule has 9 N–H and O–H groups in total. The number of halogens is 2. The number of aromatic hydroxyl groups is 3. The Morgan fingerprint density at radius 2 is 2.08 bits per heavy atom. The molecule has 5 rings (SSSR count). The number of phenols is 2. The maximum absolute atomic E-state index is 12.9. The maximum atomic E-state index is 12.9. The number of benzene rings is 1. The Balaban J connectivity index is 1.32. The summed E-state index contributed by atoms with van der Waals surface area (Å²) in [4.78, 5) is 40.4. The molecule has 1 spiro atoms. The van der Waals surface area contributed by atoms with Gasteiger partial charge in [0.25, 0.3) is 5.91 Å². The summed E-state index contributed by atoms with van der Waals surface area (Å²) in [5, 5.41) is 48.1. The van der Waals surface area contributed by atoms with Crippen molar-refractivity contribution in [3.63, 3.8) is 0 Å². The van der Waals surface area contributed by atoms with Crippen molar-refractivity contribution in [1.82, 2.24) is 20.3 Å². The molecule has 2 atom stereocenters. The van der Waals surface area contributed by atoms with E-state index in [1.165, 1.54) is 13.2 Å². The first-order valence-corrected chi connectivity index (χ1v) is 13.2. The number of anilines is 1. The number of aliphatic hydroxyl groups is 1. The average molecular weight is 682 g/mol. The molecule has 0 saturated heterocycles. The van der Waals surface area contributed by atoms with Crippen LogP contribution in [0.3, 0.4) is 0 Å². The average Bonchev–Trinajstić information content (AvgIpc) is 3.50. The SMILES string of the molecule is COC1=C(Br)[C@H](O)[C@@]2(C=C1Br)CC(C(=O)NCCc1[nH]c(N)nc1-c1cc(O)c3[nH]cc(O)c(=O)c3c1O)=NO2. The highest BCUT2D eigenvalue weighted by Gasteiger charge is 2.50. The number of rotatable bonds is 6. The number of nitrogens with two attached hydrogens (primary N) is 1. The van der Waals surface area contributed by atoms with Gasteiger partial charge >= 0.3 is 0 Å². The molecule has 1 aliphatic carbocycles. The Morgan fingerprint density at radius 3 is 2.80 bits per heavy atom. The summed E-state index contributed by atoms with van der Waals surface area (Å²) in [5.41, 5.74) is 4.16. The molecule has 1 aromatic carbocycles. The molecule has 0 radical (unpaired) electrons. The Labute approximate surface area is 241 Å². The minimum absolute atomic E-state index is 0.00616. The highest BCUT2D eigenvalue weighted by Crippen LogP contribution is 2.44. The van der Waals surface area contributed by atoms with E-state index in [1.807, 2.05) is 0 Å². The van der Waals surface area contributed by atoms with Gasteiger partial charge in [0, 0.05) is 36.8 Å². The number of pyridine rings is 1. The van der Waals surface area contributed by atoms with E-state index in [2.05, 4.69) is 57.3 Å². The number of oxime groups is 1. The topological polar surface area (TPSA) is 228 Å². The van der Waals surface area contributed by atoms with Crippen LogP contribution in [-0.2, 0) is 20.8 Å². The van der Waals surface area contributed by atoms with Crippen molar-refractivity contribution in [2.45, 2.75) is 24.5 Å². The Bertz CT molecular complexity index is 1710. The van der Waals surface area contributed by atoms with Crippen LogP contribution in [0.15, 0.2) is 43.0 Å². The summed E-state index contributed by atoms with van der Waals surface area (Å²) in [6, 6.07) is 1.20. The Morgan fingerprint density at radius 1 is 1.32 bits per heavy atom. The van der Waals surface area contributed by atoms with E-state index in [0.717, 1.165) is 6.20 Å². The van der Waals surface area contributed by atoms with Gasteiger partial charge in [0.1, 0.15) is 29.1 Å². The number of carbonyl (C=O) groups excluding carboxylic acids is 1. The zero-order valence-corrected chi connectivity index (χ0v) is 23.8. The van der Waals surface area contributed by atoms with Crippen molar-refractivity contribution in [1.29, 1.82) is 0 Å².